The van der Waals surface area contributed by atoms with Gasteiger partial charge in [0.05, 0.1) is 0 Å². The second kappa shape index (κ2) is 7.45. The summed E-state index contributed by atoms with van der Waals surface area (Å²) in [4.78, 5) is 25.5. The molecule has 2 rings (SSSR count). The fraction of sp³-hybridized carbons (Fsp3) is 0.222. The molecule has 0 bridgehead atoms. The van der Waals surface area contributed by atoms with Crippen molar-refractivity contribution >= 4 is 23.2 Å². The summed E-state index contributed by atoms with van der Waals surface area (Å²) in [6.45, 7) is 0. The van der Waals surface area contributed by atoms with Crippen LogP contribution in [0.15, 0.2) is 48.5 Å². The molecule has 3 N–H and O–H groups in total. The molecule has 0 radical (unpaired) electrons. The molecule has 23 heavy (non-hydrogen) atoms. The summed E-state index contributed by atoms with van der Waals surface area (Å²) in [6.07, 6.45) is 0.975. The molecule has 0 saturated carbocycles. The third-order valence-electron chi connectivity index (χ3n) is 3.39. The number of anilines is 2. The second-order valence-electron chi connectivity index (χ2n) is 5.57. The van der Waals surface area contributed by atoms with E-state index in [1.165, 1.54) is 4.90 Å². The Bertz CT molecular complexity index is 711. The Morgan fingerprint density at radius 2 is 1.83 bits per heavy atom. The van der Waals surface area contributed by atoms with Crippen molar-refractivity contribution in [1.82, 2.24) is 4.90 Å². The van der Waals surface area contributed by atoms with Crippen LogP contribution in [-0.4, -0.2) is 30.8 Å². The van der Waals surface area contributed by atoms with Crippen LogP contribution in [0.3, 0.4) is 0 Å². The number of rotatable bonds is 5. The zero-order valence-corrected chi connectivity index (χ0v) is 13.4. The molecule has 2 aromatic carbocycles. The van der Waals surface area contributed by atoms with Crippen LogP contribution in [0.25, 0.3) is 0 Å². The van der Waals surface area contributed by atoms with Crippen LogP contribution in [0.5, 0.6) is 0 Å². The first-order chi connectivity index (χ1) is 11.0. The molecule has 0 unspecified atom stereocenters. The Kier molecular flexibility index (Phi) is 5.36. The molecule has 5 heteroatoms. The van der Waals surface area contributed by atoms with Gasteiger partial charge in [-0.25, -0.2) is 0 Å². The lowest BCUT2D eigenvalue weighted by atomic mass is 10.1. The topological polar surface area (TPSA) is 75.4 Å². The van der Waals surface area contributed by atoms with Gasteiger partial charge in [-0.05, 0) is 42.3 Å². The van der Waals surface area contributed by atoms with Crippen LogP contribution >= 0.6 is 0 Å². The first-order valence-corrected chi connectivity index (χ1v) is 7.41. The summed E-state index contributed by atoms with van der Waals surface area (Å²) in [6, 6.07) is 14.4. The summed E-state index contributed by atoms with van der Waals surface area (Å²) in [5, 5.41) is 2.82. The predicted molar refractivity (Wildman–Crippen MR) is 92.3 cm³/mol. The number of nitrogens with one attached hydrogen (secondary N) is 1. The molecule has 0 saturated heterocycles. The Labute approximate surface area is 136 Å². The van der Waals surface area contributed by atoms with Gasteiger partial charge in [0.25, 0.3) is 5.91 Å². The Balaban J connectivity index is 1.95. The van der Waals surface area contributed by atoms with E-state index in [0.717, 1.165) is 5.56 Å². The first kappa shape index (κ1) is 16.5. The van der Waals surface area contributed by atoms with Gasteiger partial charge in [-0.3, -0.25) is 9.59 Å². The van der Waals surface area contributed by atoms with Crippen LogP contribution in [-0.2, 0) is 11.2 Å². The van der Waals surface area contributed by atoms with E-state index < -0.39 is 0 Å². The van der Waals surface area contributed by atoms with Gasteiger partial charge in [0.2, 0.25) is 5.91 Å². The van der Waals surface area contributed by atoms with Gasteiger partial charge in [-0.2, -0.15) is 0 Å². The second-order valence-corrected chi connectivity index (χ2v) is 5.57. The van der Waals surface area contributed by atoms with E-state index in [-0.39, 0.29) is 11.8 Å². The van der Waals surface area contributed by atoms with Crippen LogP contribution in [0, 0.1) is 0 Å². The maximum absolute atomic E-state index is 12.0. The molecule has 0 aliphatic rings. The van der Waals surface area contributed by atoms with Crippen molar-refractivity contribution < 1.29 is 9.59 Å². The van der Waals surface area contributed by atoms with Crippen LogP contribution in [0.1, 0.15) is 22.3 Å². The number of hydrogen-bond acceptors (Lipinski definition) is 3. The van der Waals surface area contributed by atoms with Crippen molar-refractivity contribution in [2.75, 3.05) is 25.1 Å². The summed E-state index contributed by atoms with van der Waals surface area (Å²) < 4.78 is 0. The van der Waals surface area contributed by atoms with E-state index >= 15 is 0 Å². The van der Waals surface area contributed by atoms with E-state index in [4.69, 9.17) is 5.73 Å². The SMILES string of the molecule is CN(C)C(=O)c1cccc(NC(=O)CCc2cccc(N)c2)c1. The molecule has 0 fully saturated rings. The fourth-order valence-electron chi connectivity index (χ4n) is 2.22. The highest BCUT2D eigenvalue weighted by Gasteiger charge is 2.09. The number of benzene rings is 2. The van der Waals surface area contributed by atoms with Gasteiger partial charge in [-0.1, -0.05) is 18.2 Å². The highest BCUT2D eigenvalue weighted by molar-refractivity contribution is 5.97. The van der Waals surface area contributed by atoms with Crippen molar-refractivity contribution in [3.05, 3.63) is 59.7 Å². The van der Waals surface area contributed by atoms with Crippen LogP contribution in [0.2, 0.25) is 0 Å². The molecular formula is C18H21N3O2. The number of carbonyl (C=O) groups excluding carboxylic acids is 2. The van der Waals surface area contributed by atoms with Crippen molar-refractivity contribution in [2.45, 2.75) is 12.8 Å². The van der Waals surface area contributed by atoms with E-state index in [0.29, 0.717) is 29.8 Å². The minimum Gasteiger partial charge on any atom is -0.399 e. The van der Waals surface area contributed by atoms with Gasteiger partial charge < -0.3 is 16.0 Å². The lowest BCUT2D eigenvalue weighted by Crippen LogP contribution is -2.22. The summed E-state index contributed by atoms with van der Waals surface area (Å²) in [5.41, 5.74) is 8.60. The maximum Gasteiger partial charge on any atom is 0.253 e. The maximum atomic E-state index is 12.0. The number of aryl methyl sites for hydroxylation is 1. The van der Waals surface area contributed by atoms with Gasteiger partial charge in [0.1, 0.15) is 0 Å². The molecule has 0 atom stereocenters. The molecule has 0 aliphatic carbocycles. The minimum absolute atomic E-state index is 0.0955. The number of nitrogen functional groups attached to an aromatic ring is 1. The van der Waals surface area contributed by atoms with Gasteiger partial charge in [0, 0.05) is 37.5 Å². The fourth-order valence-corrected chi connectivity index (χ4v) is 2.22. The van der Waals surface area contributed by atoms with E-state index in [1.807, 2.05) is 24.3 Å². The van der Waals surface area contributed by atoms with E-state index in [9.17, 15) is 9.59 Å². The average molecular weight is 311 g/mol. The van der Waals surface area contributed by atoms with Crippen molar-refractivity contribution in [3.8, 4) is 0 Å². The molecule has 2 aromatic rings. The van der Waals surface area contributed by atoms with Crippen molar-refractivity contribution in [3.63, 3.8) is 0 Å². The molecular weight excluding hydrogens is 290 g/mol. The number of amides is 2. The molecule has 5 nitrogen and oxygen atoms in total. The molecule has 2 amide bonds. The predicted octanol–water partition coefficient (Wildman–Crippen LogP) is 2.54. The Morgan fingerprint density at radius 3 is 2.52 bits per heavy atom. The molecule has 0 aromatic heterocycles. The van der Waals surface area contributed by atoms with Crippen molar-refractivity contribution in [1.29, 1.82) is 0 Å². The van der Waals surface area contributed by atoms with Crippen LogP contribution in [0.4, 0.5) is 11.4 Å². The van der Waals surface area contributed by atoms with Gasteiger partial charge in [-0.15, -0.1) is 0 Å². The van der Waals surface area contributed by atoms with Crippen LogP contribution < -0.4 is 11.1 Å². The Hall–Kier alpha value is -2.82. The lowest BCUT2D eigenvalue weighted by molar-refractivity contribution is -0.116. The van der Waals surface area contributed by atoms with E-state index in [1.54, 1.807) is 38.4 Å². The standard InChI is InChI=1S/C18H21N3O2/c1-21(2)18(23)14-6-4-8-16(12-14)20-17(22)10-9-13-5-3-7-15(19)11-13/h3-8,11-12H,9-10,19H2,1-2H3,(H,20,22). The Morgan fingerprint density at radius 1 is 1.09 bits per heavy atom. The third kappa shape index (κ3) is 4.85. The molecule has 0 heterocycles. The molecule has 120 valence electrons. The summed E-state index contributed by atoms with van der Waals surface area (Å²) >= 11 is 0. The normalized spacial score (nSPS) is 10.2. The number of carbonyl (C=O) groups is 2. The zero-order valence-electron chi connectivity index (χ0n) is 13.4. The summed E-state index contributed by atoms with van der Waals surface area (Å²) in [5.74, 6) is -0.192. The number of nitrogens with zero attached hydrogens (tertiary/aromatic N) is 1. The average Bonchev–Trinajstić information content (AvgIpc) is 2.52. The number of nitrogens with two attached hydrogens (primary N) is 1. The monoisotopic (exact) mass is 311 g/mol. The first-order valence-electron chi connectivity index (χ1n) is 7.41. The zero-order chi connectivity index (χ0) is 16.8. The largest absolute Gasteiger partial charge is 0.399 e. The quantitative estimate of drug-likeness (QED) is 0.833. The highest BCUT2D eigenvalue weighted by Crippen LogP contribution is 2.13. The lowest BCUT2D eigenvalue weighted by Gasteiger charge is -2.11. The third-order valence-corrected chi connectivity index (χ3v) is 3.39. The van der Waals surface area contributed by atoms with Gasteiger partial charge in [0.15, 0.2) is 0 Å². The summed E-state index contributed by atoms with van der Waals surface area (Å²) in [7, 11) is 3.39. The smallest absolute Gasteiger partial charge is 0.253 e. The van der Waals surface area contributed by atoms with Crippen molar-refractivity contribution in [2.24, 2.45) is 0 Å². The minimum atomic E-state index is -0.0964. The molecule has 0 aliphatic heterocycles. The van der Waals surface area contributed by atoms with E-state index in [2.05, 4.69) is 5.32 Å². The van der Waals surface area contributed by atoms with Gasteiger partial charge >= 0.3 is 0 Å². The number of hydrogen-bond donors (Lipinski definition) is 2. The highest BCUT2D eigenvalue weighted by atomic mass is 16.2. The molecule has 0 spiro atoms.